The quantitative estimate of drug-likeness (QED) is 0.821. The molecule has 2 fully saturated rings. The highest BCUT2D eigenvalue weighted by atomic mass is 35.5. The van der Waals surface area contributed by atoms with Gasteiger partial charge in [0, 0.05) is 45.0 Å². The minimum absolute atomic E-state index is 0.0236. The van der Waals surface area contributed by atoms with E-state index in [9.17, 15) is 0 Å². The predicted molar refractivity (Wildman–Crippen MR) is 97.1 cm³/mol. The highest BCUT2D eigenvalue weighted by molar-refractivity contribution is 6.30. The van der Waals surface area contributed by atoms with Gasteiger partial charge in [-0.3, -0.25) is 4.90 Å². The van der Waals surface area contributed by atoms with Crippen molar-refractivity contribution in [3.63, 3.8) is 0 Å². The number of hydrogen-bond donors (Lipinski definition) is 1. The van der Waals surface area contributed by atoms with E-state index >= 15 is 0 Å². The van der Waals surface area contributed by atoms with Gasteiger partial charge >= 0.3 is 0 Å². The zero-order valence-corrected chi connectivity index (χ0v) is 15.0. The van der Waals surface area contributed by atoms with Crippen molar-refractivity contribution in [2.45, 2.75) is 25.5 Å². The molecule has 0 saturated carbocycles. The third-order valence-corrected chi connectivity index (χ3v) is 5.02. The summed E-state index contributed by atoms with van der Waals surface area (Å²) in [5, 5.41) is 9.70. The van der Waals surface area contributed by atoms with Gasteiger partial charge in [-0.2, -0.15) is 5.10 Å². The Morgan fingerprint density at radius 3 is 2.92 bits per heavy atom. The van der Waals surface area contributed by atoms with Crippen LogP contribution in [0.5, 0.6) is 0 Å². The molecule has 2 aliphatic rings. The summed E-state index contributed by atoms with van der Waals surface area (Å²) in [6.07, 6.45) is 5.02. The van der Waals surface area contributed by atoms with Crippen molar-refractivity contribution < 1.29 is 9.47 Å². The van der Waals surface area contributed by atoms with E-state index in [0.29, 0.717) is 5.15 Å². The van der Waals surface area contributed by atoms with Crippen molar-refractivity contribution in [1.29, 1.82) is 0 Å². The minimum atomic E-state index is -0.0236. The van der Waals surface area contributed by atoms with Crippen molar-refractivity contribution in [2.75, 3.05) is 51.3 Å². The summed E-state index contributed by atoms with van der Waals surface area (Å²) < 4.78 is 13.3. The first kappa shape index (κ1) is 17.0. The molecule has 1 N–H and O–H groups in total. The average molecular weight is 366 g/mol. The molecule has 7 nitrogen and oxygen atoms in total. The molecule has 25 heavy (non-hydrogen) atoms. The van der Waals surface area contributed by atoms with Crippen LogP contribution in [0.25, 0.3) is 10.9 Å². The normalized spacial score (nSPS) is 22.4. The van der Waals surface area contributed by atoms with Crippen LogP contribution in [0.2, 0.25) is 5.15 Å². The van der Waals surface area contributed by atoms with Crippen LogP contribution in [0.1, 0.15) is 25.5 Å². The van der Waals surface area contributed by atoms with Crippen molar-refractivity contribution in [2.24, 2.45) is 0 Å². The van der Waals surface area contributed by atoms with Gasteiger partial charge in [0.1, 0.15) is 5.15 Å². The zero-order chi connectivity index (χ0) is 17.1. The van der Waals surface area contributed by atoms with Crippen LogP contribution in [-0.4, -0.2) is 65.7 Å². The number of morpholine rings is 1. The van der Waals surface area contributed by atoms with E-state index < -0.39 is 0 Å². The van der Waals surface area contributed by atoms with E-state index in [2.05, 4.69) is 15.2 Å². The summed E-state index contributed by atoms with van der Waals surface area (Å²) in [6.45, 7) is 6.20. The lowest BCUT2D eigenvalue weighted by Gasteiger charge is -2.26. The number of nitrogens with zero attached hydrogens (tertiary/aromatic N) is 4. The standard InChI is InChI=1S/C17H24ClN5O2/c18-15-11-14-13(12-20-15)17(19-4-5-22-6-9-24-10-7-22)21-23(14)16-3-1-2-8-25-16/h11-12,16H,1-10H2,(H,19,21). The zero-order valence-electron chi connectivity index (χ0n) is 14.3. The topological polar surface area (TPSA) is 64.4 Å². The molecular weight excluding hydrogens is 342 g/mol. The van der Waals surface area contributed by atoms with Crippen molar-refractivity contribution in [3.05, 3.63) is 17.4 Å². The predicted octanol–water partition coefficient (Wildman–Crippen LogP) is 2.53. The summed E-state index contributed by atoms with van der Waals surface area (Å²) >= 11 is 6.11. The molecule has 2 aliphatic heterocycles. The number of rotatable bonds is 5. The smallest absolute Gasteiger partial charge is 0.157 e. The Morgan fingerprint density at radius 1 is 1.24 bits per heavy atom. The first-order valence-electron chi connectivity index (χ1n) is 9.00. The Hall–Kier alpha value is -1.41. The fourth-order valence-electron chi connectivity index (χ4n) is 3.43. The molecular formula is C17H24ClN5O2. The number of fused-ring (bicyclic) bond motifs is 1. The molecule has 0 spiro atoms. The van der Waals surface area contributed by atoms with Gasteiger partial charge in [0.05, 0.1) is 24.1 Å². The Balaban J connectivity index is 1.51. The molecule has 2 saturated heterocycles. The van der Waals surface area contributed by atoms with Crippen LogP contribution in [0, 0.1) is 0 Å². The van der Waals surface area contributed by atoms with Gasteiger partial charge < -0.3 is 14.8 Å². The summed E-state index contributed by atoms with van der Waals surface area (Å²) in [5.41, 5.74) is 0.973. The third-order valence-electron chi connectivity index (χ3n) is 4.81. The van der Waals surface area contributed by atoms with Crippen LogP contribution in [0.15, 0.2) is 12.3 Å². The lowest BCUT2D eigenvalue weighted by Crippen LogP contribution is -2.39. The molecule has 1 atom stereocenters. The number of anilines is 1. The number of halogens is 1. The number of hydrogen-bond acceptors (Lipinski definition) is 6. The Labute approximate surface area is 152 Å². The van der Waals surface area contributed by atoms with Crippen LogP contribution in [-0.2, 0) is 9.47 Å². The Kier molecular flexibility index (Phi) is 5.36. The first-order chi connectivity index (χ1) is 12.3. The van der Waals surface area contributed by atoms with Crippen LogP contribution in [0.4, 0.5) is 5.82 Å². The molecule has 0 aromatic carbocycles. The van der Waals surface area contributed by atoms with Gasteiger partial charge in [0.15, 0.2) is 12.0 Å². The number of ether oxygens (including phenoxy) is 2. The number of pyridine rings is 1. The Morgan fingerprint density at radius 2 is 2.12 bits per heavy atom. The molecule has 0 bridgehead atoms. The largest absolute Gasteiger partial charge is 0.379 e. The third kappa shape index (κ3) is 3.89. The maximum Gasteiger partial charge on any atom is 0.157 e. The van der Waals surface area contributed by atoms with Gasteiger partial charge in [0.25, 0.3) is 0 Å². The minimum Gasteiger partial charge on any atom is -0.379 e. The second kappa shape index (κ2) is 7.86. The van der Waals surface area contributed by atoms with Crippen molar-refractivity contribution >= 4 is 28.3 Å². The average Bonchev–Trinajstić information content (AvgIpc) is 3.01. The highest BCUT2D eigenvalue weighted by Crippen LogP contribution is 2.30. The van der Waals surface area contributed by atoms with E-state index in [1.165, 1.54) is 0 Å². The van der Waals surface area contributed by atoms with E-state index in [-0.39, 0.29) is 6.23 Å². The molecule has 136 valence electrons. The Bertz CT molecular complexity index is 710. The van der Waals surface area contributed by atoms with Gasteiger partial charge in [-0.1, -0.05) is 11.6 Å². The maximum atomic E-state index is 6.11. The van der Waals surface area contributed by atoms with Gasteiger partial charge in [-0.25, -0.2) is 9.67 Å². The molecule has 0 radical (unpaired) electrons. The van der Waals surface area contributed by atoms with E-state index in [4.69, 9.17) is 26.2 Å². The van der Waals surface area contributed by atoms with E-state index in [1.807, 2.05) is 10.7 Å². The molecule has 4 rings (SSSR count). The van der Waals surface area contributed by atoms with Gasteiger partial charge in [0.2, 0.25) is 0 Å². The first-order valence-corrected chi connectivity index (χ1v) is 9.38. The van der Waals surface area contributed by atoms with E-state index in [1.54, 1.807) is 6.20 Å². The fraction of sp³-hybridized carbons (Fsp3) is 0.647. The van der Waals surface area contributed by atoms with Crippen molar-refractivity contribution in [1.82, 2.24) is 19.7 Å². The molecule has 0 aliphatic carbocycles. The van der Waals surface area contributed by atoms with Crippen LogP contribution >= 0.6 is 11.6 Å². The lowest BCUT2D eigenvalue weighted by molar-refractivity contribution is -0.0365. The van der Waals surface area contributed by atoms with Gasteiger partial charge in [-0.15, -0.1) is 0 Å². The molecule has 0 amide bonds. The SMILES string of the molecule is Clc1cc2c(cn1)c(NCCN1CCOCC1)nn2C1CCCCO1. The monoisotopic (exact) mass is 365 g/mol. The van der Waals surface area contributed by atoms with Crippen LogP contribution in [0.3, 0.4) is 0 Å². The summed E-state index contributed by atoms with van der Waals surface area (Å²) in [6, 6.07) is 1.87. The van der Waals surface area contributed by atoms with Crippen LogP contribution < -0.4 is 5.32 Å². The van der Waals surface area contributed by atoms with Crippen molar-refractivity contribution in [3.8, 4) is 0 Å². The second-order valence-electron chi connectivity index (χ2n) is 6.52. The second-order valence-corrected chi connectivity index (χ2v) is 6.91. The maximum absolute atomic E-state index is 6.11. The fourth-order valence-corrected chi connectivity index (χ4v) is 3.58. The van der Waals surface area contributed by atoms with E-state index in [0.717, 1.165) is 82.0 Å². The number of nitrogens with one attached hydrogen (secondary N) is 1. The number of aromatic nitrogens is 3. The molecule has 8 heteroatoms. The molecule has 2 aromatic rings. The summed E-state index contributed by atoms with van der Waals surface area (Å²) in [4.78, 5) is 6.63. The summed E-state index contributed by atoms with van der Waals surface area (Å²) in [5.74, 6) is 0.849. The molecule has 2 aromatic heterocycles. The lowest BCUT2D eigenvalue weighted by atomic mass is 10.2. The summed E-state index contributed by atoms with van der Waals surface area (Å²) in [7, 11) is 0. The van der Waals surface area contributed by atoms with Gasteiger partial charge in [-0.05, 0) is 19.3 Å². The molecule has 1 unspecified atom stereocenters. The highest BCUT2D eigenvalue weighted by Gasteiger charge is 2.21. The molecule has 4 heterocycles.